The van der Waals surface area contributed by atoms with Crippen molar-refractivity contribution in [2.24, 2.45) is 0 Å². The molecule has 1 heterocycles. The van der Waals surface area contributed by atoms with E-state index in [0.717, 1.165) is 48.4 Å². The highest BCUT2D eigenvalue weighted by atomic mass is 32.3. The van der Waals surface area contributed by atoms with E-state index in [0.29, 0.717) is 0 Å². The number of sulfonamides is 1. The van der Waals surface area contributed by atoms with Crippen molar-refractivity contribution >= 4 is 39.4 Å². The summed E-state index contributed by atoms with van der Waals surface area (Å²) >= 11 is 3.06. The number of nitrogens with one attached hydrogen (secondary N) is 1. The van der Waals surface area contributed by atoms with Gasteiger partial charge >= 0.3 is 0 Å². The standard InChI is InChI=1S/C16H24N2O2S3/c1-2-12-21-18-14-10-6-7-11-15(14)22-16(18)23(19,20)17-13-8-4-3-5-9-13/h6-7,10-11,13,16-17H,2-5,8-9,12H2,1H3. The van der Waals surface area contributed by atoms with Crippen molar-refractivity contribution in [1.29, 1.82) is 0 Å². The lowest BCUT2D eigenvalue weighted by Gasteiger charge is -2.28. The molecule has 1 atom stereocenters. The summed E-state index contributed by atoms with van der Waals surface area (Å²) in [4.78, 5) is 1.05. The maximum absolute atomic E-state index is 13.0. The number of para-hydroxylation sites is 1. The van der Waals surface area contributed by atoms with Crippen molar-refractivity contribution in [3.63, 3.8) is 0 Å². The molecule has 1 aliphatic carbocycles. The fourth-order valence-corrected chi connectivity index (χ4v) is 7.76. The van der Waals surface area contributed by atoms with E-state index in [2.05, 4.69) is 11.6 Å². The Morgan fingerprint density at radius 3 is 2.74 bits per heavy atom. The van der Waals surface area contributed by atoms with Gasteiger partial charge in [-0.3, -0.25) is 4.31 Å². The van der Waals surface area contributed by atoms with Crippen LogP contribution in [0.1, 0.15) is 45.4 Å². The SMILES string of the molecule is CCCSN1c2ccccc2SC1S(=O)(=O)NC1CCCCC1. The Balaban J connectivity index is 1.79. The third kappa shape index (κ3) is 4.00. The molecule has 1 aromatic rings. The second-order valence-electron chi connectivity index (χ2n) is 6.05. The van der Waals surface area contributed by atoms with Crippen LogP contribution in [0.5, 0.6) is 0 Å². The summed E-state index contributed by atoms with van der Waals surface area (Å²) in [5.74, 6) is 0.921. The van der Waals surface area contributed by atoms with Crippen LogP contribution in [0.3, 0.4) is 0 Å². The number of benzene rings is 1. The summed E-state index contributed by atoms with van der Waals surface area (Å²) in [6.45, 7) is 2.12. The zero-order chi connectivity index (χ0) is 16.3. The number of thioether (sulfide) groups is 1. The lowest BCUT2D eigenvalue weighted by molar-refractivity contribution is 0.412. The molecule has 1 N–H and O–H groups in total. The number of nitrogens with zero attached hydrogens (tertiary/aromatic N) is 1. The molecule has 0 saturated heterocycles. The molecule has 0 aromatic heterocycles. The van der Waals surface area contributed by atoms with E-state index in [1.54, 1.807) is 11.9 Å². The number of anilines is 1. The monoisotopic (exact) mass is 372 g/mol. The van der Waals surface area contributed by atoms with Crippen molar-refractivity contribution < 1.29 is 8.42 Å². The molecule has 23 heavy (non-hydrogen) atoms. The van der Waals surface area contributed by atoms with E-state index in [9.17, 15) is 8.42 Å². The Morgan fingerprint density at radius 1 is 1.26 bits per heavy atom. The van der Waals surface area contributed by atoms with E-state index >= 15 is 0 Å². The van der Waals surface area contributed by atoms with E-state index in [-0.39, 0.29) is 6.04 Å². The first-order valence-corrected chi connectivity index (χ1v) is 11.7. The summed E-state index contributed by atoms with van der Waals surface area (Å²) in [5, 5.41) is 0. The van der Waals surface area contributed by atoms with Gasteiger partial charge in [-0.2, -0.15) is 0 Å². The fourth-order valence-electron chi connectivity index (χ4n) is 3.03. The first-order chi connectivity index (χ1) is 11.1. The average molecular weight is 373 g/mol. The Labute approximate surface area is 148 Å². The molecule has 1 fully saturated rings. The molecule has 0 radical (unpaired) electrons. The van der Waals surface area contributed by atoms with Crippen LogP contribution < -0.4 is 9.03 Å². The number of fused-ring (bicyclic) bond motifs is 1. The van der Waals surface area contributed by atoms with Gasteiger partial charge in [0.1, 0.15) is 0 Å². The Morgan fingerprint density at radius 2 is 2.00 bits per heavy atom. The summed E-state index contributed by atoms with van der Waals surface area (Å²) < 4.78 is 30.3. The second kappa shape index (κ2) is 7.68. The van der Waals surface area contributed by atoms with Gasteiger partial charge in [0.2, 0.25) is 14.7 Å². The maximum Gasteiger partial charge on any atom is 0.244 e. The van der Waals surface area contributed by atoms with Crippen LogP contribution in [-0.2, 0) is 10.0 Å². The number of hydrogen-bond acceptors (Lipinski definition) is 5. The first-order valence-electron chi connectivity index (χ1n) is 8.31. The summed E-state index contributed by atoms with van der Waals surface area (Å²) in [7, 11) is -3.39. The minimum atomic E-state index is -3.39. The van der Waals surface area contributed by atoms with Gasteiger partial charge in [0, 0.05) is 16.7 Å². The van der Waals surface area contributed by atoms with Crippen molar-refractivity contribution in [3.8, 4) is 0 Å². The predicted octanol–water partition coefficient (Wildman–Crippen LogP) is 4.19. The van der Waals surface area contributed by atoms with Crippen LogP contribution in [-0.4, -0.2) is 24.9 Å². The van der Waals surface area contributed by atoms with Gasteiger partial charge < -0.3 is 0 Å². The summed E-state index contributed by atoms with van der Waals surface area (Å²) in [6, 6.07) is 8.08. The highest BCUT2D eigenvalue weighted by molar-refractivity contribution is 8.15. The molecule has 3 rings (SSSR count). The summed E-state index contributed by atoms with van der Waals surface area (Å²) in [5.41, 5.74) is 1.02. The molecular formula is C16H24N2O2S3. The molecule has 0 spiro atoms. The van der Waals surface area contributed by atoms with Gasteiger partial charge in [0.15, 0.2) is 0 Å². The molecule has 1 aliphatic heterocycles. The molecule has 4 nitrogen and oxygen atoms in total. The minimum Gasteiger partial charge on any atom is -0.286 e. The smallest absolute Gasteiger partial charge is 0.244 e. The molecule has 2 aliphatic rings. The van der Waals surface area contributed by atoms with Gasteiger partial charge in [0.25, 0.3) is 0 Å². The first kappa shape index (κ1) is 17.5. The molecule has 1 unspecified atom stereocenters. The highest BCUT2D eigenvalue weighted by Gasteiger charge is 2.40. The van der Waals surface area contributed by atoms with Gasteiger partial charge in [0.05, 0.1) is 5.69 Å². The molecule has 1 saturated carbocycles. The van der Waals surface area contributed by atoms with Crippen LogP contribution in [0.15, 0.2) is 29.2 Å². The summed E-state index contributed by atoms with van der Waals surface area (Å²) in [6.07, 6.45) is 6.42. The number of hydrogen-bond donors (Lipinski definition) is 1. The molecule has 128 valence electrons. The van der Waals surface area contributed by atoms with Gasteiger partial charge in [-0.15, -0.1) is 0 Å². The largest absolute Gasteiger partial charge is 0.286 e. The lowest BCUT2D eigenvalue weighted by atomic mass is 9.96. The van der Waals surface area contributed by atoms with Crippen LogP contribution in [0.2, 0.25) is 0 Å². The molecule has 0 bridgehead atoms. The third-order valence-corrected chi connectivity index (χ3v) is 9.17. The van der Waals surface area contributed by atoms with Crippen molar-refractivity contribution in [3.05, 3.63) is 24.3 Å². The predicted molar refractivity (Wildman–Crippen MR) is 100 cm³/mol. The van der Waals surface area contributed by atoms with Crippen LogP contribution in [0.25, 0.3) is 0 Å². The highest BCUT2D eigenvalue weighted by Crippen LogP contribution is 2.48. The Hall–Kier alpha value is -0.370. The van der Waals surface area contributed by atoms with Gasteiger partial charge in [-0.1, -0.05) is 50.1 Å². The topological polar surface area (TPSA) is 49.4 Å². The molecular weight excluding hydrogens is 348 g/mol. The molecule has 0 amide bonds. The van der Waals surface area contributed by atoms with Crippen LogP contribution in [0, 0.1) is 0 Å². The van der Waals surface area contributed by atoms with Crippen molar-refractivity contribution in [1.82, 2.24) is 4.72 Å². The third-order valence-electron chi connectivity index (χ3n) is 4.16. The van der Waals surface area contributed by atoms with Crippen LogP contribution >= 0.6 is 23.7 Å². The zero-order valence-corrected chi connectivity index (χ0v) is 15.9. The normalized spacial score (nSPS) is 22.3. The average Bonchev–Trinajstić information content (AvgIpc) is 2.93. The van der Waals surface area contributed by atoms with Crippen molar-refractivity contribution in [2.75, 3.05) is 10.1 Å². The van der Waals surface area contributed by atoms with Gasteiger partial charge in [-0.05, 0) is 43.3 Å². The van der Waals surface area contributed by atoms with E-state index in [1.165, 1.54) is 18.2 Å². The van der Waals surface area contributed by atoms with E-state index in [1.807, 2.05) is 28.6 Å². The molecule has 1 aromatic carbocycles. The Kier molecular flexibility index (Phi) is 5.82. The fraction of sp³-hybridized carbons (Fsp3) is 0.625. The molecule has 7 heteroatoms. The maximum atomic E-state index is 13.0. The van der Waals surface area contributed by atoms with E-state index < -0.39 is 14.7 Å². The quantitative estimate of drug-likeness (QED) is 0.759. The second-order valence-corrected chi connectivity index (χ2v) is 10.3. The van der Waals surface area contributed by atoms with Crippen LogP contribution in [0.4, 0.5) is 5.69 Å². The number of rotatable bonds is 6. The Bertz CT molecular complexity index is 630. The van der Waals surface area contributed by atoms with E-state index in [4.69, 9.17) is 0 Å². The van der Waals surface area contributed by atoms with Crippen molar-refractivity contribution in [2.45, 2.75) is 61.1 Å². The van der Waals surface area contributed by atoms with Gasteiger partial charge in [-0.25, -0.2) is 13.1 Å². The minimum absolute atomic E-state index is 0.107. The zero-order valence-electron chi connectivity index (χ0n) is 13.4. The lowest BCUT2D eigenvalue weighted by Crippen LogP contribution is -2.44.